The first kappa shape index (κ1) is 22.4. The number of nitrogens with one attached hydrogen (secondary N) is 1. The first-order chi connectivity index (χ1) is 13.9. The number of carbonyl (C=O) groups excluding carboxylic acids is 1. The lowest BCUT2D eigenvalue weighted by Crippen LogP contribution is -2.41. The zero-order valence-corrected chi connectivity index (χ0v) is 17.3. The molecule has 2 N–H and O–H groups in total. The van der Waals surface area contributed by atoms with Crippen LogP contribution in [0.25, 0.3) is 0 Å². The van der Waals surface area contributed by atoms with Crippen LogP contribution in [0.4, 0.5) is 0 Å². The minimum Gasteiger partial charge on any atom is -0.489 e. The van der Waals surface area contributed by atoms with E-state index in [2.05, 4.69) is 5.32 Å². The number of carboxylic acid groups (broad SMARTS) is 1. The number of benzene rings is 2. The second kappa shape index (κ2) is 11.8. The fourth-order valence-electron chi connectivity index (χ4n) is 2.29. The third-order valence-corrected chi connectivity index (χ3v) is 4.75. The summed E-state index contributed by atoms with van der Waals surface area (Å²) in [7, 11) is 0. The number of rotatable bonds is 11. The Kier molecular flexibility index (Phi) is 9.11. The molecule has 1 atom stereocenters. The standard InChI is InChI=1S/C22H25NO5S/c1-16(12-13-29-15-21(22(25)26)23-17(2)24)14-27-18-8-10-20(11-9-18)28-19-6-4-3-5-7-19/h3-12,21H,13-15H2,1-2H3,(H,23,24)(H,25,26)/b16-12+/t21-/m0/s1. The lowest BCUT2D eigenvalue weighted by molar-refractivity contribution is -0.140. The molecule has 29 heavy (non-hydrogen) atoms. The van der Waals surface area contributed by atoms with Crippen LogP contribution in [0.1, 0.15) is 13.8 Å². The highest BCUT2D eigenvalue weighted by atomic mass is 32.2. The lowest BCUT2D eigenvalue weighted by atomic mass is 10.3. The Labute approximate surface area is 174 Å². The average molecular weight is 416 g/mol. The van der Waals surface area contributed by atoms with E-state index < -0.39 is 12.0 Å². The molecule has 0 saturated heterocycles. The number of carbonyl (C=O) groups is 2. The highest BCUT2D eigenvalue weighted by Gasteiger charge is 2.17. The molecule has 1 amide bonds. The lowest BCUT2D eigenvalue weighted by Gasteiger charge is -2.12. The van der Waals surface area contributed by atoms with Gasteiger partial charge < -0.3 is 19.9 Å². The molecular weight excluding hydrogens is 390 g/mol. The minimum absolute atomic E-state index is 0.308. The summed E-state index contributed by atoms with van der Waals surface area (Å²) in [5.74, 6) is 1.82. The molecule has 6 nitrogen and oxygen atoms in total. The van der Waals surface area contributed by atoms with E-state index >= 15 is 0 Å². The van der Waals surface area contributed by atoms with Gasteiger partial charge in [-0.2, -0.15) is 11.8 Å². The number of thioether (sulfide) groups is 1. The molecule has 0 unspecified atom stereocenters. The van der Waals surface area contributed by atoms with E-state index in [0.717, 1.165) is 22.8 Å². The molecule has 154 valence electrons. The number of ether oxygens (including phenoxy) is 2. The largest absolute Gasteiger partial charge is 0.489 e. The van der Waals surface area contributed by atoms with Crippen LogP contribution in [0, 0.1) is 0 Å². The fourth-order valence-corrected chi connectivity index (χ4v) is 3.29. The summed E-state index contributed by atoms with van der Waals surface area (Å²) in [6.45, 7) is 3.70. The fraction of sp³-hybridized carbons (Fsp3) is 0.273. The highest BCUT2D eigenvalue weighted by molar-refractivity contribution is 7.99. The van der Waals surface area contributed by atoms with Gasteiger partial charge in [-0.25, -0.2) is 4.79 Å². The summed E-state index contributed by atoms with van der Waals surface area (Å²) in [6.07, 6.45) is 1.99. The van der Waals surface area contributed by atoms with Crippen molar-refractivity contribution in [3.05, 3.63) is 66.2 Å². The van der Waals surface area contributed by atoms with Crippen LogP contribution < -0.4 is 14.8 Å². The molecule has 0 heterocycles. The van der Waals surface area contributed by atoms with E-state index in [9.17, 15) is 9.59 Å². The Morgan fingerprint density at radius 3 is 2.28 bits per heavy atom. The van der Waals surface area contributed by atoms with Gasteiger partial charge in [0.15, 0.2) is 0 Å². The smallest absolute Gasteiger partial charge is 0.327 e. The Bertz CT molecular complexity index is 821. The van der Waals surface area contributed by atoms with E-state index in [1.54, 1.807) is 0 Å². The van der Waals surface area contributed by atoms with Gasteiger partial charge in [-0.05, 0) is 48.9 Å². The van der Waals surface area contributed by atoms with Gasteiger partial charge in [-0.15, -0.1) is 0 Å². The molecule has 0 radical (unpaired) electrons. The molecule has 0 bridgehead atoms. The van der Waals surface area contributed by atoms with Gasteiger partial charge >= 0.3 is 5.97 Å². The maximum absolute atomic E-state index is 11.1. The van der Waals surface area contributed by atoms with Crippen molar-refractivity contribution >= 4 is 23.6 Å². The molecular formula is C22H25NO5S. The molecule has 0 fully saturated rings. The summed E-state index contributed by atoms with van der Waals surface area (Å²) in [6, 6.07) is 16.1. The van der Waals surface area contributed by atoms with E-state index in [1.165, 1.54) is 18.7 Å². The average Bonchev–Trinajstić information content (AvgIpc) is 2.70. The Hall–Kier alpha value is -2.93. The number of amides is 1. The van der Waals surface area contributed by atoms with Crippen molar-refractivity contribution in [3.63, 3.8) is 0 Å². The van der Waals surface area contributed by atoms with E-state index in [1.807, 2.05) is 67.6 Å². The van der Waals surface area contributed by atoms with Gasteiger partial charge in [0.25, 0.3) is 0 Å². The molecule has 0 aromatic heterocycles. The first-order valence-corrected chi connectivity index (χ1v) is 10.3. The second-order valence-corrected chi connectivity index (χ2v) is 7.43. The molecule has 0 aliphatic rings. The predicted octanol–water partition coefficient (Wildman–Crippen LogP) is 4.13. The number of hydrogen-bond donors (Lipinski definition) is 2. The monoisotopic (exact) mass is 415 g/mol. The number of aliphatic carboxylic acids is 1. The maximum atomic E-state index is 11.1. The van der Waals surface area contributed by atoms with Crippen molar-refractivity contribution in [2.45, 2.75) is 19.9 Å². The number of hydrogen-bond acceptors (Lipinski definition) is 5. The summed E-state index contributed by atoms with van der Waals surface area (Å²) < 4.78 is 11.5. The molecule has 2 rings (SSSR count). The number of para-hydroxylation sites is 1. The molecule has 0 spiro atoms. The van der Waals surface area contributed by atoms with Crippen molar-refractivity contribution in [2.75, 3.05) is 18.1 Å². The van der Waals surface area contributed by atoms with Crippen LogP contribution in [0.15, 0.2) is 66.2 Å². The third kappa shape index (κ3) is 8.74. The Morgan fingerprint density at radius 2 is 1.66 bits per heavy atom. The summed E-state index contributed by atoms with van der Waals surface area (Å²) in [5, 5.41) is 11.5. The van der Waals surface area contributed by atoms with E-state index in [0.29, 0.717) is 18.1 Å². The van der Waals surface area contributed by atoms with Gasteiger partial charge in [0, 0.05) is 18.4 Å². The second-order valence-electron chi connectivity index (χ2n) is 6.35. The molecule has 2 aromatic rings. The quantitative estimate of drug-likeness (QED) is 0.424. The van der Waals surface area contributed by atoms with Gasteiger partial charge in [0.05, 0.1) is 0 Å². The van der Waals surface area contributed by atoms with Gasteiger partial charge in [-0.3, -0.25) is 4.79 Å². The molecule has 0 aliphatic heterocycles. The van der Waals surface area contributed by atoms with Crippen molar-refractivity contribution in [1.82, 2.24) is 5.32 Å². The maximum Gasteiger partial charge on any atom is 0.327 e. The predicted molar refractivity (Wildman–Crippen MR) is 115 cm³/mol. The normalized spacial score (nSPS) is 12.1. The molecule has 7 heteroatoms. The first-order valence-electron chi connectivity index (χ1n) is 9.13. The molecule has 0 aliphatic carbocycles. The zero-order chi connectivity index (χ0) is 21.1. The SMILES string of the molecule is CC(=O)N[C@@H](CSC/C=C(\C)COc1ccc(Oc2ccccc2)cc1)C(=O)O. The number of carboxylic acids is 1. The van der Waals surface area contributed by atoms with Gasteiger partial charge in [-0.1, -0.05) is 24.3 Å². The van der Waals surface area contributed by atoms with Gasteiger partial charge in [0.1, 0.15) is 29.9 Å². The van der Waals surface area contributed by atoms with E-state index in [-0.39, 0.29) is 5.91 Å². The summed E-state index contributed by atoms with van der Waals surface area (Å²) in [5.41, 5.74) is 1.04. The van der Waals surface area contributed by atoms with Crippen LogP contribution in [0.2, 0.25) is 0 Å². The topological polar surface area (TPSA) is 84.9 Å². The van der Waals surface area contributed by atoms with E-state index in [4.69, 9.17) is 14.6 Å². The van der Waals surface area contributed by atoms with Crippen LogP contribution in [-0.4, -0.2) is 41.1 Å². The van der Waals surface area contributed by atoms with Crippen molar-refractivity contribution < 1.29 is 24.2 Å². The third-order valence-electron chi connectivity index (χ3n) is 3.78. The van der Waals surface area contributed by atoms with Crippen LogP contribution in [-0.2, 0) is 9.59 Å². The molecule has 2 aromatic carbocycles. The summed E-state index contributed by atoms with van der Waals surface area (Å²) in [4.78, 5) is 22.1. The van der Waals surface area contributed by atoms with Crippen molar-refractivity contribution in [2.24, 2.45) is 0 Å². The Morgan fingerprint density at radius 1 is 1.03 bits per heavy atom. The Balaban J connectivity index is 1.73. The molecule has 0 saturated carbocycles. The highest BCUT2D eigenvalue weighted by Crippen LogP contribution is 2.23. The van der Waals surface area contributed by atoms with Crippen molar-refractivity contribution in [1.29, 1.82) is 0 Å². The minimum atomic E-state index is -1.03. The van der Waals surface area contributed by atoms with Crippen LogP contribution >= 0.6 is 11.8 Å². The zero-order valence-electron chi connectivity index (χ0n) is 16.5. The summed E-state index contributed by atoms with van der Waals surface area (Å²) >= 11 is 1.44. The van der Waals surface area contributed by atoms with Gasteiger partial charge in [0.2, 0.25) is 5.91 Å². The van der Waals surface area contributed by atoms with Crippen LogP contribution in [0.3, 0.4) is 0 Å². The van der Waals surface area contributed by atoms with Crippen LogP contribution in [0.5, 0.6) is 17.2 Å². The van der Waals surface area contributed by atoms with Crippen molar-refractivity contribution in [3.8, 4) is 17.2 Å².